The van der Waals surface area contributed by atoms with Crippen molar-refractivity contribution in [3.63, 3.8) is 0 Å². The van der Waals surface area contributed by atoms with Gasteiger partial charge in [-0.1, -0.05) is 6.07 Å². The molecule has 0 unspecified atom stereocenters. The van der Waals surface area contributed by atoms with Crippen molar-refractivity contribution in [3.8, 4) is 11.5 Å². The Balaban J connectivity index is 1.73. The number of carbonyl (C=O) groups is 2. The number of hydrogen-bond donors (Lipinski definition) is 0. The summed E-state index contributed by atoms with van der Waals surface area (Å²) in [6.45, 7) is 6.94. The molecule has 0 aliphatic carbocycles. The van der Waals surface area contributed by atoms with Gasteiger partial charge >= 0.3 is 5.97 Å². The molecule has 0 atom stereocenters. The average Bonchev–Trinajstić information content (AvgIpc) is 3.03. The Labute approximate surface area is 148 Å². The van der Waals surface area contributed by atoms with Crippen LogP contribution in [0.15, 0.2) is 18.2 Å². The van der Waals surface area contributed by atoms with Gasteiger partial charge in [0, 0.05) is 24.9 Å². The fourth-order valence-corrected chi connectivity index (χ4v) is 3.26. The molecule has 0 saturated carbocycles. The molecule has 25 heavy (non-hydrogen) atoms. The molecule has 1 saturated heterocycles. The van der Waals surface area contributed by atoms with E-state index in [1.165, 1.54) is 0 Å². The Bertz CT molecular complexity index is 656. The quantitative estimate of drug-likeness (QED) is 0.781. The van der Waals surface area contributed by atoms with Crippen LogP contribution in [-0.2, 0) is 19.8 Å². The summed E-state index contributed by atoms with van der Waals surface area (Å²) in [7, 11) is 0. The second kappa shape index (κ2) is 6.67. The van der Waals surface area contributed by atoms with Gasteiger partial charge in [0.05, 0.1) is 5.41 Å². The Morgan fingerprint density at radius 1 is 1.24 bits per heavy atom. The SMILES string of the molecule is CC(C)(C)C(=O)ON1CCC(CC=O)(c2ccc3c(c2)OCO3)CC1. The van der Waals surface area contributed by atoms with Gasteiger partial charge in [-0.3, -0.25) is 0 Å². The van der Waals surface area contributed by atoms with Crippen molar-refractivity contribution in [2.24, 2.45) is 5.41 Å². The van der Waals surface area contributed by atoms with Crippen LogP contribution in [0.3, 0.4) is 0 Å². The van der Waals surface area contributed by atoms with Crippen LogP contribution in [0.2, 0.25) is 0 Å². The van der Waals surface area contributed by atoms with Crippen molar-refractivity contribution in [1.82, 2.24) is 5.06 Å². The highest BCUT2D eigenvalue weighted by molar-refractivity contribution is 5.75. The second-order valence-corrected chi connectivity index (χ2v) is 7.78. The zero-order chi connectivity index (χ0) is 18.1. The van der Waals surface area contributed by atoms with E-state index >= 15 is 0 Å². The molecule has 0 bridgehead atoms. The number of benzene rings is 1. The van der Waals surface area contributed by atoms with Crippen molar-refractivity contribution < 1.29 is 23.9 Å². The average molecular weight is 347 g/mol. The van der Waals surface area contributed by atoms with Gasteiger partial charge in [-0.15, -0.1) is 5.06 Å². The molecular weight excluding hydrogens is 322 g/mol. The maximum absolute atomic E-state index is 12.1. The topological polar surface area (TPSA) is 65.1 Å². The first-order chi connectivity index (χ1) is 11.8. The predicted molar refractivity (Wildman–Crippen MR) is 91.3 cm³/mol. The smallest absolute Gasteiger partial charge is 0.330 e. The lowest BCUT2D eigenvalue weighted by molar-refractivity contribution is -0.207. The lowest BCUT2D eigenvalue weighted by Gasteiger charge is -2.40. The molecule has 2 heterocycles. The Hall–Kier alpha value is -2.08. The normalized spacial score (nSPS) is 19.5. The summed E-state index contributed by atoms with van der Waals surface area (Å²) in [6, 6.07) is 5.88. The van der Waals surface area contributed by atoms with Crippen LogP contribution in [0.25, 0.3) is 0 Å². The molecule has 1 fully saturated rings. The van der Waals surface area contributed by atoms with Crippen LogP contribution < -0.4 is 9.47 Å². The van der Waals surface area contributed by atoms with Crippen molar-refractivity contribution in [1.29, 1.82) is 0 Å². The molecule has 1 aromatic rings. The third-order valence-corrected chi connectivity index (χ3v) is 4.96. The third kappa shape index (κ3) is 3.63. The second-order valence-electron chi connectivity index (χ2n) is 7.78. The van der Waals surface area contributed by atoms with E-state index in [-0.39, 0.29) is 18.2 Å². The van der Waals surface area contributed by atoms with E-state index in [0.29, 0.717) is 19.5 Å². The van der Waals surface area contributed by atoms with E-state index in [1.54, 1.807) is 5.06 Å². The summed E-state index contributed by atoms with van der Waals surface area (Å²) in [6.07, 6.45) is 2.89. The monoisotopic (exact) mass is 347 g/mol. The van der Waals surface area contributed by atoms with E-state index in [4.69, 9.17) is 14.3 Å². The number of hydrogen-bond acceptors (Lipinski definition) is 6. The molecule has 0 radical (unpaired) electrons. The number of ether oxygens (including phenoxy) is 2. The number of nitrogens with zero attached hydrogens (tertiary/aromatic N) is 1. The van der Waals surface area contributed by atoms with Gasteiger partial charge in [0.2, 0.25) is 6.79 Å². The molecule has 0 aromatic heterocycles. The highest BCUT2D eigenvalue weighted by atomic mass is 16.7. The predicted octanol–water partition coefficient (Wildman–Crippen LogP) is 2.84. The minimum Gasteiger partial charge on any atom is -0.454 e. The molecule has 1 aromatic carbocycles. The van der Waals surface area contributed by atoms with Crippen LogP contribution in [0.1, 0.15) is 45.6 Å². The summed E-state index contributed by atoms with van der Waals surface area (Å²) in [5.74, 6) is 1.23. The Morgan fingerprint density at radius 2 is 1.92 bits per heavy atom. The highest BCUT2D eigenvalue weighted by Crippen LogP contribution is 2.42. The first-order valence-corrected chi connectivity index (χ1v) is 8.65. The van der Waals surface area contributed by atoms with E-state index in [1.807, 2.05) is 39.0 Å². The van der Waals surface area contributed by atoms with Gasteiger partial charge in [-0.2, -0.15) is 0 Å². The summed E-state index contributed by atoms with van der Waals surface area (Å²) in [5.41, 5.74) is 0.285. The maximum atomic E-state index is 12.1. The number of carbonyl (C=O) groups excluding carboxylic acids is 2. The fourth-order valence-electron chi connectivity index (χ4n) is 3.26. The molecule has 0 amide bonds. The number of piperidine rings is 1. The van der Waals surface area contributed by atoms with Gasteiger partial charge in [0.15, 0.2) is 11.5 Å². The summed E-state index contributed by atoms with van der Waals surface area (Å²) in [4.78, 5) is 28.9. The molecule has 136 valence electrons. The number of fused-ring (bicyclic) bond motifs is 1. The van der Waals surface area contributed by atoms with Crippen molar-refractivity contribution in [2.75, 3.05) is 19.9 Å². The largest absolute Gasteiger partial charge is 0.454 e. The van der Waals surface area contributed by atoms with Gasteiger partial charge in [0.25, 0.3) is 0 Å². The first-order valence-electron chi connectivity index (χ1n) is 8.65. The lowest BCUT2D eigenvalue weighted by atomic mass is 9.71. The van der Waals surface area contributed by atoms with Gasteiger partial charge in [-0.25, -0.2) is 4.79 Å². The minimum absolute atomic E-state index is 0.232. The number of hydroxylamine groups is 2. The zero-order valence-corrected chi connectivity index (χ0v) is 15.0. The minimum atomic E-state index is -0.533. The van der Waals surface area contributed by atoms with Crippen LogP contribution in [0.4, 0.5) is 0 Å². The molecule has 6 heteroatoms. The molecule has 3 rings (SSSR count). The Kier molecular flexibility index (Phi) is 4.73. The van der Waals surface area contributed by atoms with Crippen LogP contribution in [0.5, 0.6) is 11.5 Å². The zero-order valence-electron chi connectivity index (χ0n) is 15.0. The molecular formula is C19H25NO5. The van der Waals surface area contributed by atoms with Crippen LogP contribution in [-0.4, -0.2) is 37.2 Å². The molecule has 0 N–H and O–H groups in total. The van der Waals surface area contributed by atoms with E-state index in [2.05, 4.69) is 0 Å². The Morgan fingerprint density at radius 3 is 2.56 bits per heavy atom. The summed E-state index contributed by atoms with van der Waals surface area (Å²) >= 11 is 0. The third-order valence-electron chi connectivity index (χ3n) is 4.96. The standard InChI is InChI=1S/C19H25NO5/c1-18(2,3)17(22)25-20-9-6-19(7-10-20,8-11-21)14-4-5-15-16(12-14)24-13-23-15/h4-5,11-12H,6-10,13H2,1-3H3. The first kappa shape index (κ1) is 17.7. The van der Waals surface area contributed by atoms with E-state index < -0.39 is 5.41 Å². The maximum Gasteiger partial charge on any atom is 0.330 e. The van der Waals surface area contributed by atoms with E-state index in [9.17, 15) is 9.59 Å². The van der Waals surface area contributed by atoms with Crippen LogP contribution in [0, 0.1) is 5.41 Å². The fraction of sp³-hybridized carbons (Fsp3) is 0.579. The highest BCUT2D eigenvalue weighted by Gasteiger charge is 2.38. The van der Waals surface area contributed by atoms with Crippen molar-refractivity contribution in [2.45, 2.75) is 45.4 Å². The van der Waals surface area contributed by atoms with Crippen molar-refractivity contribution >= 4 is 12.3 Å². The van der Waals surface area contributed by atoms with Gasteiger partial charge in [0.1, 0.15) is 6.29 Å². The van der Waals surface area contributed by atoms with Crippen molar-refractivity contribution in [3.05, 3.63) is 23.8 Å². The van der Waals surface area contributed by atoms with E-state index in [0.717, 1.165) is 36.2 Å². The molecule has 6 nitrogen and oxygen atoms in total. The summed E-state index contributed by atoms with van der Waals surface area (Å²) < 4.78 is 10.8. The van der Waals surface area contributed by atoms with Gasteiger partial charge < -0.3 is 19.1 Å². The molecule has 2 aliphatic heterocycles. The number of rotatable bonds is 4. The molecule has 0 spiro atoms. The lowest BCUT2D eigenvalue weighted by Crippen LogP contribution is -2.45. The summed E-state index contributed by atoms with van der Waals surface area (Å²) in [5, 5.41) is 1.71. The van der Waals surface area contributed by atoms with Gasteiger partial charge in [-0.05, 0) is 51.3 Å². The molecule has 2 aliphatic rings. The van der Waals surface area contributed by atoms with Crippen LogP contribution >= 0.6 is 0 Å². The number of aldehydes is 1.